The maximum atomic E-state index is 11.1. The third-order valence-electron chi connectivity index (χ3n) is 2.84. The van der Waals surface area contributed by atoms with Crippen LogP contribution in [0.3, 0.4) is 0 Å². The second-order valence-corrected chi connectivity index (χ2v) is 5.44. The number of thioether (sulfide) groups is 1. The van der Waals surface area contributed by atoms with Gasteiger partial charge in [-0.1, -0.05) is 18.2 Å². The molecule has 1 N–H and O–H groups in total. The fraction of sp³-hybridized carbons (Fsp3) is 0.200. The van der Waals surface area contributed by atoms with Crippen LogP contribution in [0.1, 0.15) is 15.9 Å². The summed E-state index contributed by atoms with van der Waals surface area (Å²) in [4.78, 5) is 17.4. The van der Waals surface area contributed by atoms with Crippen LogP contribution in [0.5, 0.6) is 0 Å². The second-order valence-electron chi connectivity index (χ2n) is 4.47. The number of aromatic nitrogens is 1. The van der Waals surface area contributed by atoms with Crippen LogP contribution in [0.2, 0.25) is 0 Å². The standard InChI is InChI=1S/C15H16N2O2S/c1-17(2)13-8-4-3-6-11(13)10-20-14-12(15(18)19)7-5-9-16-14/h3-9H,10H2,1-2H3,(H,18,19). The molecule has 0 spiro atoms. The van der Waals surface area contributed by atoms with Gasteiger partial charge in [-0.05, 0) is 23.8 Å². The number of para-hydroxylation sites is 1. The Bertz CT molecular complexity index is 614. The molecule has 0 radical (unpaired) electrons. The van der Waals surface area contributed by atoms with Crippen molar-refractivity contribution in [3.05, 3.63) is 53.7 Å². The number of hydrogen-bond donors (Lipinski definition) is 1. The first-order valence-electron chi connectivity index (χ1n) is 6.16. The van der Waals surface area contributed by atoms with Crippen LogP contribution in [-0.4, -0.2) is 30.2 Å². The average Bonchev–Trinajstić information content (AvgIpc) is 2.45. The predicted octanol–water partition coefficient (Wildman–Crippen LogP) is 3.14. The zero-order valence-electron chi connectivity index (χ0n) is 11.4. The van der Waals surface area contributed by atoms with E-state index in [1.165, 1.54) is 11.8 Å². The molecule has 2 rings (SSSR count). The van der Waals surface area contributed by atoms with Gasteiger partial charge in [0, 0.05) is 31.7 Å². The fourth-order valence-electron chi connectivity index (χ4n) is 1.88. The molecule has 0 saturated heterocycles. The molecule has 0 aliphatic carbocycles. The number of pyridine rings is 1. The molecule has 2 aromatic rings. The first kappa shape index (κ1) is 14.4. The summed E-state index contributed by atoms with van der Waals surface area (Å²) in [6, 6.07) is 11.3. The van der Waals surface area contributed by atoms with Gasteiger partial charge in [-0.25, -0.2) is 9.78 Å². The highest BCUT2D eigenvalue weighted by Crippen LogP contribution is 2.28. The van der Waals surface area contributed by atoms with E-state index in [1.54, 1.807) is 18.3 Å². The van der Waals surface area contributed by atoms with Gasteiger partial charge in [0.25, 0.3) is 0 Å². The van der Waals surface area contributed by atoms with Crippen molar-refractivity contribution in [2.75, 3.05) is 19.0 Å². The quantitative estimate of drug-likeness (QED) is 0.857. The van der Waals surface area contributed by atoms with Gasteiger partial charge in [-0.3, -0.25) is 0 Å². The van der Waals surface area contributed by atoms with Crippen LogP contribution in [0, 0.1) is 0 Å². The highest BCUT2D eigenvalue weighted by atomic mass is 32.2. The third kappa shape index (κ3) is 3.30. The van der Waals surface area contributed by atoms with E-state index in [0.29, 0.717) is 10.8 Å². The van der Waals surface area contributed by atoms with E-state index in [9.17, 15) is 4.79 Å². The van der Waals surface area contributed by atoms with Crippen molar-refractivity contribution >= 4 is 23.4 Å². The maximum Gasteiger partial charge on any atom is 0.338 e. The summed E-state index contributed by atoms with van der Waals surface area (Å²) in [6.45, 7) is 0. The predicted molar refractivity (Wildman–Crippen MR) is 81.5 cm³/mol. The van der Waals surface area contributed by atoms with Gasteiger partial charge in [0.2, 0.25) is 0 Å². The minimum Gasteiger partial charge on any atom is -0.478 e. The molecule has 0 saturated carbocycles. The lowest BCUT2D eigenvalue weighted by Gasteiger charge is -2.17. The summed E-state index contributed by atoms with van der Waals surface area (Å²) in [6.07, 6.45) is 1.62. The van der Waals surface area contributed by atoms with Gasteiger partial charge in [-0.15, -0.1) is 11.8 Å². The van der Waals surface area contributed by atoms with E-state index in [0.717, 1.165) is 11.3 Å². The van der Waals surface area contributed by atoms with Crippen molar-refractivity contribution in [2.24, 2.45) is 0 Å². The molecule has 0 bridgehead atoms. The Morgan fingerprint density at radius 3 is 2.70 bits per heavy atom. The monoisotopic (exact) mass is 288 g/mol. The Morgan fingerprint density at radius 2 is 2.00 bits per heavy atom. The number of hydrogen-bond acceptors (Lipinski definition) is 4. The minimum atomic E-state index is -0.943. The molecule has 0 aliphatic heterocycles. The molecule has 0 amide bonds. The van der Waals surface area contributed by atoms with Crippen LogP contribution in [0.15, 0.2) is 47.6 Å². The van der Waals surface area contributed by atoms with Crippen LogP contribution in [0.25, 0.3) is 0 Å². The summed E-state index contributed by atoms with van der Waals surface area (Å²) < 4.78 is 0. The molecule has 4 nitrogen and oxygen atoms in total. The molecule has 1 aromatic heterocycles. The number of benzene rings is 1. The number of aromatic carboxylic acids is 1. The molecule has 20 heavy (non-hydrogen) atoms. The lowest BCUT2D eigenvalue weighted by atomic mass is 10.2. The zero-order valence-corrected chi connectivity index (χ0v) is 12.2. The van der Waals surface area contributed by atoms with Gasteiger partial charge in [0.05, 0.1) is 5.56 Å². The first-order chi connectivity index (χ1) is 9.59. The van der Waals surface area contributed by atoms with Crippen molar-refractivity contribution in [2.45, 2.75) is 10.8 Å². The van der Waals surface area contributed by atoms with E-state index in [2.05, 4.69) is 4.98 Å². The highest BCUT2D eigenvalue weighted by molar-refractivity contribution is 7.98. The molecule has 5 heteroatoms. The summed E-state index contributed by atoms with van der Waals surface area (Å²) in [7, 11) is 3.99. The molecule has 1 aromatic carbocycles. The Hall–Kier alpha value is -2.01. The van der Waals surface area contributed by atoms with Crippen LogP contribution in [0.4, 0.5) is 5.69 Å². The molecule has 0 atom stereocenters. The van der Waals surface area contributed by atoms with E-state index < -0.39 is 5.97 Å². The first-order valence-corrected chi connectivity index (χ1v) is 7.14. The molecular weight excluding hydrogens is 272 g/mol. The third-order valence-corrected chi connectivity index (χ3v) is 3.89. The Balaban J connectivity index is 2.20. The molecule has 0 aliphatic rings. The van der Waals surface area contributed by atoms with Crippen molar-refractivity contribution in [1.82, 2.24) is 4.98 Å². The van der Waals surface area contributed by atoms with E-state index >= 15 is 0 Å². The molecule has 0 fully saturated rings. The molecule has 1 heterocycles. The largest absolute Gasteiger partial charge is 0.478 e. The van der Waals surface area contributed by atoms with Crippen LogP contribution in [-0.2, 0) is 5.75 Å². The fourth-order valence-corrected chi connectivity index (χ4v) is 2.87. The summed E-state index contributed by atoms with van der Waals surface area (Å²) in [5.74, 6) is -0.257. The van der Waals surface area contributed by atoms with Gasteiger partial charge >= 0.3 is 5.97 Å². The van der Waals surface area contributed by atoms with Gasteiger partial charge < -0.3 is 10.0 Å². The lowest BCUT2D eigenvalue weighted by Crippen LogP contribution is -2.10. The second kappa shape index (κ2) is 6.43. The van der Waals surface area contributed by atoms with Crippen molar-refractivity contribution in [3.63, 3.8) is 0 Å². The minimum absolute atomic E-state index is 0.250. The smallest absolute Gasteiger partial charge is 0.338 e. The van der Waals surface area contributed by atoms with Gasteiger partial charge in [-0.2, -0.15) is 0 Å². The van der Waals surface area contributed by atoms with Crippen molar-refractivity contribution < 1.29 is 9.90 Å². The van der Waals surface area contributed by atoms with Crippen molar-refractivity contribution in [3.8, 4) is 0 Å². The Labute approximate surface area is 122 Å². The summed E-state index contributed by atoms with van der Waals surface area (Å²) >= 11 is 1.44. The van der Waals surface area contributed by atoms with E-state index in [1.807, 2.05) is 43.3 Å². The number of carboxylic acid groups (broad SMARTS) is 1. The number of carboxylic acids is 1. The van der Waals surface area contributed by atoms with E-state index in [4.69, 9.17) is 5.11 Å². The normalized spacial score (nSPS) is 10.3. The topological polar surface area (TPSA) is 53.4 Å². The summed E-state index contributed by atoms with van der Waals surface area (Å²) in [5.41, 5.74) is 2.54. The number of nitrogens with zero attached hydrogens (tertiary/aromatic N) is 2. The Morgan fingerprint density at radius 1 is 1.25 bits per heavy atom. The number of rotatable bonds is 5. The highest BCUT2D eigenvalue weighted by Gasteiger charge is 2.12. The molecule has 0 unspecified atom stereocenters. The van der Waals surface area contributed by atoms with Crippen molar-refractivity contribution in [1.29, 1.82) is 0 Å². The molecular formula is C15H16N2O2S. The SMILES string of the molecule is CN(C)c1ccccc1CSc1ncccc1C(=O)O. The van der Waals surface area contributed by atoms with Crippen LogP contribution < -0.4 is 4.90 Å². The Kier molecular flexibility index (Phi) is 4.63. The van der Waals surface area contributed by atoms with Gasteiger partial charge in [0.15, 0.2) is 0 Å². The summed E-state index contributed by atoms with van der Waals surface area (Å²) in [5, 5.41) is 9.69. The zero-order chi connectivity index (χ0) is 14.5. The lowest BCUT2D eigenvalue weighted by molar-refractivity contribution is 0.0692. The van der Waals surface area contributed by atoms with E-state index in [-0.39, 0.29) is 5.56 Å². The number of anilines is 1. The van der Waals surface area contributed by atoms with Crippen LogP contribution >= 0.6 is 11.8 Å². The average molecular weight is 288 g/mol. The van der Waals surface area contributed by atoms with Gasteiger partial charge in [0.1, 0.15) is 5.03 Å². The number of carbonyl (C=O) groups is 1. The molecule has 104 valence electrons. The maximum absolute atomic E-state index is 11.1.